The minimum atomic E-state index is 0.0916. The first-order valence-corrected chi connectivity index (χ1v) is 8.36. The van der Waals surface area contributed by atoms with Gasteiger partial charge in [0.25, 0.3) is 0 Å². The first-order chi connectivity index (χ1) is 11.7. The molecule has 0 saturated carbocycles. The van der Waals surface area contributed by atoms with Gasteiger partial charge in [0.05, 0.1) is 12.6 Å². The van der Waals surface area contributed by atoms with Crippen LogP contribution in [-0.2, 0) is 0 Å². The predicted molar refractivity (Wildman–Crippen MR) is 100.0 cm³/mol. The van der Waals surface area contributed by atoms with E-state index >= 15 is 0 Å². The molecule has 1 atom stereocenters. The first kappa shape index (κ1) is 16.4. The van der Waals surface area contributed by atoms with Crippen LogP contribution in [0.5, 0.6) is 5.75 Å². The Morgan fingerprint density at radius 2 is 1.92 bits per heavy atom. The molecule has 0 amide bonds. The summed E-state index contributed by atoms with van der Waals surface area (Å²) in [5, 5.41) is 9.78. The van der Waals surface area contributed by atoms with Crippen LogP contribution >= 0.6 is 12.1 Å². The van der Waals surface area contributed by atoms with E-state index in [2.05, 4.69) is 39.1 Å². The number of methoxy groups -OCH3 is 1. The molecule has 0 radical (unpaired) electrons. The van der Waals surface area contributed by atoms with Crippen molar-refractivity contribution in [3.8, 4) is 5.75 Å². The predicted octanol–water partition coefficient (Wildman–Crippen LogP) is 3.75. The second-order valence-electron chi connectivity index (χ2n) is 5.31. The number of aromatic nitrogens is 2. The molecule has 0 fully saturated rings. The van der Waals surface area contributed by atoms with Gasteiger partial charge in [0.1, 0.15) is 17.9 Å². The summed E-state index contributed by atoms with van der Waals surface area (Å²) in [4.78, 5) is 8.69. The average molecular weight is 341 g/mol. The number of benzene rings is 2. The van der Waals surface area contributed by atoms with Gasteiger partial charge >= 0.3 is 0 Å². The van der Waals surface area contributed by atoms with Crippen molar-refractivity contribution in [3.63, 3.8) is 0 Å². The molecule has 3 aromatic rings. The Morgan fingerprint density at radius 3 is 2.62 bits per heavy atom. The number of hydrogen-bond acceptors (Lipinski definition) is 7. The van der Waals surface area contributed by atoms with Gasteiger partial charge in [-0.3, -0.25) is 5.14 Å². The van der Waals surface area contributed by atoms with E-state index in [4.69, 9.17) is 9.88 Å². The van der Waals surface area contributed by atoms with Crippen LogP contribution < -0.4 is 19.9 Å². The van der Waals surface area contributed by atoms with E-state index in [0.717, 1.165) is 45.9 Å². The molecule has 124 valence electrons. The van der Waals surface area contributed by atoms with Crippen LogP contribution in [0.25, 0.3) is 10.9 Å². The van der Waals surface area contributed by atoms with Crippen LogP contribution in [0.15, 0.2) is 48.8 Å². The number of nitrogens with two attached hydrogens (primary N) is 1. The van der Waals surface area contributed by atoms with Gasteiger partial charge in [-0.2, -0.15) is 0 Å². The lowest BCUT2D eigenvalue weighted by atomic mass is 10.1. The Bertz CT molecular complexity index is 825. The maximum Gasteiger partial charge on any atom is 0.137 e. The number of anilines is 2. The van der Waals surface area contributed by atoms with E-state index in [0.29, 0.717) is 0 Å². The Balaban J connectivity index is 1.85. The molecule has 0 aliphatic carbocycles. The highest BCUT2D eigenvalue weighted by molar-refractivity contribution is 7.98. The standard InChI is InChI=1S/C17H19N5OS/c1-11(12-3-5-13(6-4-12)22-24-18)21-17-15-9-14(23-2)7-8-16(15)19-10-20-17/h3-11,22H,18H2,1-2H3,(H,19,20,21). The van der Waals surface area contributed by atoms with Crippen LogP contribution in [0.2, 0.25) is 0 Å². The van der Waals surface area contributed by atoms with Crippen LogP contribution in [0.1, 0.15) is 18.5 Å². The van der Waals surface area contributed by atoms with Gasteiger partial charge in [0, 0.05) is 29.2 Å². The highest BCUT2D eigenvalue weighted by Gasteiger charge is 2.10. The van der Waals surface area contributed by atoms with Gasteiger partial charge in [-0.15, -0.1) is 0 Å². The topological polar surface area (TPSA) is 85.1 Å². The molecule has 0 aliphatic heterocycles. The second kappa shape index (κ2) is 7.37. The lowest BCUT2D eigenvalue weighted by Gasteiger charge is -2.17. The number of hydrogen-bond donors (Lipinski definition) is 3. The van der Waals surface area contributed by atoms with Crippen molar-refractivity contribution >= 4 is 34.5 Å². The fourth-order valence-corrected chi connectivity index (χ4v) is 2.75. The number of fused-ring (bicyclic) bond motifs is 1. The molecule has 7 heteroatoms. The zero-order valence-electron chi connectivity index (χ0n) is 13.5. The molecule has 2 aromatic carbocycles. The molecular weight excluding hydrogens is 322 g/mol. The largest absolute Gasteiger partial charge is 0.497 e. The molecule has 1 aromatic heterocycles. The fraction of sp³-hybridized carbons (Fsp3) is 0.176. The highest BCUT2D eigenvalue weighted by atomic mass is 32.2. The number of rotatable bonds is 6. The molecule has 0 saturated heterocycles. The normalized spacial score (nSPS) is 12.0. The number of nitrogens with zero attached hydrogens (tertiary/aromatic N) is 2. The average Bonchev–Trinajstić information content (AvgIpc) is 2.62. The number of nitrogens with one attached hydrogen (secondary N) is 2. The van der Waals surface area contributed by atoms with Crippen molar-refractivity contribution in [2.45, 2.75) is 13.0 Å². The van der Waals surface area contributed by atoms with Crippen LogP contribution in [0.3, 0.4) is 0 Å². The van der Waals surface area contributed by atoms with Gasteiger partial charge in [-0.05, 0) is 42.8 Å². The van der Waals surface area contributed by atoms with E-state index in [1.165, 1.54) is 0 Å². The molecule has 1 heterocycles. The second-order valence-corrected chi connectivity index (χ2v) is 5.75. The Kier molecular flexibility index (Phi) is 5.02. The van der Waals surface area contributed by atoms with Crippen molar-refractivity contribution in [1.82, 2.24) is 9.97 Å². The zero-order valence-corrected chi connectivity index (χ0v) is 14.3. The van der Waals surface area contributed by atoms with Crippen molar-refractivity contribution in [2.75, 3.05) is 17.1 Å². The summed E-state index contributed by atoms with van der Waals surface area (Å²) in [5.74, 6) is 1.56. The van der Waals surface area contributed by atoms with E-state index in [9.17, 15) is 0 Å². The van der Waals surface area contributed by atoms with E-state index in [-0.39, 0.29) is 6.04 Å². The maximum absolute atomic E-state index is 5.41. The molecule has 0 bridgehead atoms. The lowest BCUT2D eigenvalue weighted by Crippen LogP contribution is -2.08. The van der Waals surface area contributed by atoms with Gasteiger partial charge in [-0.25, -0.2) is 9.97 Å². The van der Waals surface area contributed by atoms with Gasteiger partial charge < -0.3 is 14.8 Å². The quantitative estimate of drug-likeness (QED) is 0.589. The molecule has 0 spiro atoms. The van der Waals surface area contributed by atoms with E-state index in [1.807, 2.05) is 30.3 Å². The SMILES string of the molecule is COc1ccc2ncnc(NC(C)c3ccc(NSN)cc3)c2c1. The van der Waals surface area contributed by atoms with E-state index < -0.39 is 0 Å². The molecule has 0 aliphatic rings. The third-order valence-corrected chi connectivity index (χ3v) is 4.14. The molecule has 1 unspecified atom stereocenters. The third-order valence-electron chi connectivity index (χ3n) is 3.78. The Morgan fingerprint density at radius 1 is 1.12 bits per heavy atom. The molecule has 3 rings (SSSR count). The minimum absolute atomic E-state index is 0.0916. The molecule has 24 heavy (non-hydrogen) atoms. The first-order valence-electron chi connectivity index (χ1n) is 7.48. The van der Waals surface area contributed by atoms with Crippen LogP contribution in [-0.4, -0.2) is 17.1 Å². The summed E-state index contributed by atoms with van der Waals surface area (Å²) < 4.78 is 8.30. The van der Waals surface area contributed by atoms with E-state index in [1.54, 1.807) is 13.4 Å². The lowest BCUT2D eigenvalue weighted by molar-refractivity contribution is 0.415. The highest BCUT2D eigenvalue weighted by Crippen LogP contribution is 2.27. The maximum atomic E-state index is 5.41. The van der Waals surface area contributed by atoms with Crippen molar-refractivity contribution in [2.24, 2.45) is 5.14 Å². The molecule has 6 nitrogen and oxygen atoms in total. The number of ether oxygens (including phenoxy) is 1. The smallest absolute Gasteiger partial charge is 0.137 e. The summed E-state index contributed by atoms with van der Waals surface area (Å²) in [5.41, 5.74) is 2.99. The third kappa shape index (κ3) is 3.52. The summed E-state index contributed by atoms with van der Waals surface area (Å²) in [6.45, 7) is 2.09. The summed E-state index contributed by atoms with van der Waals surface area (Å²) in [7, 11) is 1.65. The zero-order chi connectivity index (χ0) is 16.9. The molecule has 4 N–H and O–H groups in total. The van der Waals surface area contributed by atoms with Gasteiger partial charge in [0.2, 0.25) is 0 Å². The van der Waals surface area contributed by atoms with Crippen molar-refractivity contribution < 1.29 is 4.74 Å². The van der Waals surface area contributed by atoms with Gasteiger partial charge in [0.15, 0.2) is 0 Å². The molecular formula is C17H19N5OS. The summed E-state index contributed by atoms with van der Waals surface area (Å²) >= 11 is 1.08. The minimum Gasteiger partial charge on any atom is -0.497 e. The van der Waals surface area contributed by atoms with Crippen LogP contribution in [0, 0.1) is 0 Å². The summed E-state index contributed by atoms with van der Waals surface area (Å²) in [6, 6.07) is 14.0. The van der Waals surface area contributed by atoms with Crippen molar-refractivity contribution in [1.29, 1.82) is 0 Å². The monoisotopic (exact) mass is 341 g/mol. The fourth-order valence-electron chi connectivity index (χ4n) is 2.47. The van der Waals surface area contributed by atoms with Crippen LogP contribution in [0.4, 0.5) is 11.5 Å². The van der Waals surface area contributed by atoms with Crippen molar-refractivity contribution in [3.05, 3.63) is 54.4 Å². The Hall–Kier alpha value is -2.51. The Labute approximate surface area is 145 Å². The summed E-state index contributed by atoms with van der Waals surface area (Å²) in [6.07, 6.45) is 1.56. The van der Waals surface area contributed by atoms with Gasteiger partial charge in [-0.1, -0.05) is 12.1 Å².